The van der Waals surface area contributed by atoms with E-state index in [0.717, 1.165) is 50.3 Å². The SMILES string of the molecule is Cc1nnc2n1C[C@@H](NC(=O)[C@@H]1CC=CCC1)CC2. The molecule has 0 spiro atoms. The number of carbonyl (C=O) groups excluding carboxylic acids is 1. The number of hydrogen-bond acceptors (Lipinski definition) is 3. The molecular formula is C14H20N4O. The van der Waals surface area contributed by atoms with Crippen molar-refractivity contribution in [2.45, 2.75) is 51.6 Å². The fraction of sp³-hybridized carbons (Fsp3) is 0.643. The van der Waals surface area contributed by atoms with Crippen LogP contribution in [0.5, 0.6) is 0 Å². The van der Waals surface area contributed by atoms with Crippen LogP contribution in [0.3, 0.4) is 0 Å². The minimum absolute atomic E-state index is 0.161. The van der Waals surface area contributed by atoms with Crippen LogP contribution in [0.25, 0.3) is 0 Å². The van der Waals surface area contributed by atoms with Crippen LogP contribution in [0, 0.1) is 12.8 Å². The first-order valence-corrected chi connectivity index (χ1v) is 7.08. The molecule has 1 amide bonds. The summed E-state index contributed by atoms with van der Waals surface area (Å²) in [6.07, 6.45) is 9.04. The van der Waals surface area contributed by atoms with Gasteiger partial charge < -0.3 is 9.88 Å². The third kappa shape index (κ3) is 2.55. The van der Waals surface area contributed by atoms with E-state index >= 15 is 0 Å². The Morgan fingerprint density at radius 2 is 2.26 bits per heavy atom. The van der Waals surface area contributed by atoms with Crippen LogP contribution < -0.4 is 5.32 Å². The molecule has 3 rings (SSSR count). The van der Waals surface area contributed by atoms with Gasteiger partial charge in [-0.05, 0) is 32.6 Å². The Morgan fingerprint density at radius 3 is 3.05 bits per heavy atom. The molecule has 0 radical (unpaired) electrons. The van der Waals surface area contributed by atoms with E-state index in [-0.39, 0.29) is 17.9 Å². The van der Waals surface area contributed by atoms with Crippen molar-refractivity contribution >= 4 is 5.91 Å². The zero-order valence-corrected chi connectivity index (χ0v) is 11.3. The summed E-state index contributed by atoms with van der Waals surface area (Å²) < 4.78 is 2.12. The van der Waals surface area contributed by atoms with E-state index in [1.165, 1.54) is 0 Å². The van der Waals surface area contributed by atoms with Gasteiger partial charge in [0.05, 0.1) is 0 Å². The maximum absolute atomic E-state index is 12.2. The third-order valence-corrected chi connectivity index (χ3v) is 4.12. The second-order valence-electron chi connectivity index (χ2n) is 5.50. The lowest BCUT2D eigenvalue weighted by atomic mass is 9.93. The zero-order valence-electron chi connectivity index (χ0n) is 11.3. The maximum atomic E-state index is 12.2. The minimum atomic E-state index is 0.161. The summed E-state index contributed by atoms with van der Waals surface area (Å²) >= 11 is 0. The lowest BCUT2D eigenvalue weighted by Crippen LogP contribution is -2.44. The van der Waals surface area contributed by atoms with Crippen LogP contribution in [0.15, 0.2) is 12.2 Å². The van der Waals surface area contributed by atoms with Crippen LogP contribution in [0.2, 0.25) is 0 Å². The summed E-state index contributed by atoms with van der Waals surface area (Å²) in [6, 6.07) is 0.223. The highest BCUT2D eigenvalue weighted by Gasteiger charge is 2.25. The molecule has 102 valence electrons. The van der Waals surface area contributed by atoms with E-state index in [4.69, 9.17) is 0 Å². The highest BCUT2D eigenvalue weighted by Crippen LogP contribution is 2.20. The first kappa shape index (κ1) is 12.4. The zero-order chi connectivity index (χ0) is 13.2. The van der Waals surface area contributed by atoms with Gasteiger partial charge in [0.2, 0.25) is 5.91 Å². The molecule has 0 saturated heterocycles. The molecule has 1 aliphatic heterocycles. The lowest BCUT2D eigenvalue weighted by Gasteiger charge is -2.27. The first-order valence-electron chi connectivity index (χ1n) is 7.08. The van der Waals surface area contributed by atoms with Crippen molar-refractivity contribution in [2.75, 3.05) is 0 Å². The summed E-state index contributed by atoms with van der Waals surface area (Å²) in [5.41, 5.74) is 0. The number of fused-ring (bicyclic) bond motifs is 1. The van der Waals surface area contributed by atoms with E-state index in [9.17, 15) is 4.79 Å². The Kier molecular flexibility index (Phi) is 3.36. The molecule has 19 heavy (non-hydrogen) atoms. The summed E-state index contributed by atoms with van der Waals surface area (Å²) in [5, 5.41) is 11.4. The van der Waals surface area contributed by atoms with Gasteiger partial charge in [0.15, 0.2) is 0 Å². The Labute approximate surface area is 113 Å². The van der Waals surface area contributed by atoms with Crippen LogP contribution >= 0.6 is 0 Å². The number of rotatable bonds is 2. The second kappa shape index (κ2) is 5.15. The monoisotopic (exact) mass is 260 g/mol. The molecule has 1 aromatic heterocycles. The van der Waals surface area contributed by atoms with Crippen LogP contribution in [-0.2, 0) is 17.8 Å². The fourth-order valence-electron chi connectivity index (χ4n) is 2.93. The molecule has 5 nitrogen and oxygen atoms in total. The van der Waals surface area contributed by atoms with Gasteiger partial charge in [0.25, 0.3) is 0 Å². The normalized spacial score (nSPS) is 25.9. The Morgan fingerprint density at radius 1 is 1.37 bits per heavy atom. The molecule has 1 N–H and O–H groups in total. The molecular weight excluding hydrogens is 240 g/mol. The second-order valence-corrected chi connectivity index (χ2v) is 5.50. The molecule has 0 aromatic carbocycles. The summed E-state index contributed by atoms with van der Waals surface area (Å²) in [7, 11) is 0. The molecule has 2 atom stereocenters. The highest BCUT2D eigenvalue weighted by atomic mass is 16.1. The van der Waals surface area contributed by atoms with Gasteiger partial charge in [-0.2, -0.15) is 0 Å². The van der Waals surface area contributed by atoms with Crippen molar-refractivity contribution in [3.05, 3.63) is 23.8 Å². The van der Waals surface area contributed by atoms with E-state index in [0.29, 0.717) is 0 Å². The van der Waals surface area contributed by atoms with E-state index in [1.807, 2.05) is 6.92 Å². The van der Waals surface area contributed by atoms with E-state index in [2.05, 4.69) is 32.2 Å². The Bertz CT molecular complexity index is 506. The molecule has 0 saturated carbocycles. The van der Waals surface area contributed by atoms with Gasteiger partial charge in [-0.1, -0.05) is 12.2 Å². The van der Waals surface area contributed by atoms with Gasteiger partial charge in [0.1, 0.15) is 11.6 Å². The molecule has 0 fully saturated rings. The average Bonchev–Trinajstić information content (AvgIpc) is 2.81. The fourth-order valence-corrected chi connectivity index (χ4v) is 2.93. The van der Waals surface area contributed by atoms with Crippen molar-refractivity contribution in [1.29, 1.82) is 0 Å². The smallest absolute Gasteiger partial charge is 0.223 e. The first-order chi connectivity index (χ1) is 9.24. The number of allylic oxidation sites excluding steroid dienone is 2. The van der Waals surface area contributed by atoms with Gasteiger partial charge in [-0.25, -0.2) is 0 Å². The van der Waals surface area contributed by atoms with E-state index < -0.39 is 0 Å². The maximum Gasteiger partial charge on any atom is 0.223 e. The van der Waals surface area contributed by atoms with Gasteiger partial charge in [-0.3, -0.25) is 4.79 Å². The number of aromatic nitrogens is 3. The Hall–Kier alpha value is -1.65. The molecule has 1 aromatic rings. The van der Waals surface area contributed by atoms with Crippen LogP contribution in [0.1, 0.15) is 37.3 Å². The molecule has 2 aliphatic rings. The summed E-state index contributed by atoms with van der Waals surface area (Å²) in [4.78, 5) is 12.2. The molecule has 0 unspecified atom stereocenters. The number of aryl methyl sites for hydroxylation is 2. The highest BCUT2D eigenvalue weighted by molar-refractivity contribution is 5.79. The van der Waals surface area contributed by atoms with Crippen molar-refractivity contribution in [1.82, 2.24) is 20.1 Å². The summed E-state index contributed by atoms with van der Waals surface area (Å²) in [5.74, 6) is 2.36. The number of hydrogen-bond donors (Lipinski definition) is 1. The van der Waals surface area contributed by atoms with Gasteiger partial charge in [-0.15, -0.1) is 10.2 Å². The largest absolute Gasteiger partial charge is 0.351 e. The van der Waals surface area contributed by atoms with Crippen molar-refractivity contribution in [2.24, 2.45) is 5.92 Å². The van der Waals surface area contributed by atoms with Gasteiger partial charge in [0, 0.05) is 24.9 Å². The van der Waals surface area contributed by atoms with Gasteiger partial charge >= 0.3 is 0 Å². The average molecular weight is 260 g/mol. The predicted molar refractivity (Wildman–Crippen MR) is 71.5 cm³/mol. The predicted octanol–water partition coefficient (Wildman–Crippen LogP) is 1.37. The minimum Gasteiger partial charge on any atom is -0.351 e. The summed E-state index contributed by atoms with van der Waals surface area (Å²) in [6.45, 7) is 2.77. The van der Waals surface area contributed by atoms with Crippen molar-refractivity contribution < 1.29 is 4.79 Å². The number of nitrogens with zero attached hydrogens (tertiary/aromatic N) is 3. The quantitative estimate of drug-likeness (QED) is 0.817. The molecule has 2 heterocycles. The molecule has 0 bridgehead atoms. The number of carbonyl (C=O) groups is 1. The lowest BCUT2D eigenvalue weighted by molar-refractivity contribution is -0.126. The Balaban J connectivity index is 1.61. The van der Waals surface area contributed by atoms with Crippen molar-refractivity contribution in [3.8, 4) is 0 Å². The van der Waals surface area contributed by atoms with E-state index in [1.54, 1.807) is 0 Å². The molecule has 5 heteroatoms. The number of amides is 1. The standard InChI is InChI=1S/C14H20N4O/c1-10-16-17-13-8-7-12(9-18(10)13)15-14(19)11-5-3-2-4-6-11/h2-3,11-12H,4-9H2,1H3,(H,15,19)/t11-,12+/m1/s1. The van der Waals surface area contributed by atoms with Crippen LogP contribution in [0.4, 0.5) is 0 Å². The topological polar surface area (TPSA) is 59.8 Å². The van der Waals surface area contributed by atoms with Crippen LogP contribution in [-0.4, -0.2) is 26.7 Å². The third-order valence-electron chi connectivity index (χ3n) is 4.12. The van der Waals surface area contributed by atoms with Crippen molar-refractivity contribution in [3.63, 3.8) is 0 Å². The number of nitrogens with one attached hydrogen (secondary N) is 1. The molecule has 1 aliphatic carbocycles.